The van der Waals surface area contributed by atoms with E-state index in [1.54, 1.807) is 24.3 Å². The zero-order chi connectivity index (χ0) is 13.8. The smallest absolute Gasteiger partial charge is 0.361 e. The van der Waals surface area contributed by atoms with Crippen LogP contribution in [0.25, 0.3) is 10.9 Å². The van der Waals surface area contributed by atoms with Crippen molar-refractivity contribution in [2.75, 3.05) is 0 Å². The van der Waals surface area contributed by atoms with Crippen LogP contribution in [0.2, 0.25) is 0 Å². The van der Waals surface area contributed by atoms with Crippen molar-refractivity contribution >= 4 is 23.1 Å². The van der Waals surface area contributed by atoms with E-state index in [9.17, 15) is 4.79 Å². The summed E-state index contributed by atoms with van der Waals surface area (Å²) in [6.45, 7) is 0. The predicted octanol–water partition coefficient (Wildman–Crippen LogP) is 3.36. The third-order valence-corrected chi connectivity index (χ3v) is 2.93. The molecule has 0 aliphatic heterocycles. The van der Waals surface area contributed by atoms with E-state index in [0.717, 1.165) is 16.5 Å². The van der Waals surface area contributed by atoms with Gasteiger partial charge in [0.25, 0.3) is 0 Å². The highest BCUT2D eigenvalue weighted by atomic mass is 16.7. The maximum Gasteiger partial charge on any atom is 0.365 e. The maximum absolute atomic E-state index is 11.7. The van der Waals surface area contributed by atoms with Crippen LogP contribution >= 0.6 is 0 Å². The summed E-state index contributed by atoms with van der Waals surface area (Å²) in [7, 11) is 0. The lowest BCUT2D eigenvalue weighted by Gasteiger charge is -1.97. The predicted molar refractivity (Wildman–Crippen MR) is 77.8 cm³/mol. The first-order valence-corrected chi connectivity index (χ1v) is 6.20. The molecule has 1 aromatic heterocycles. The number of benzene rings is 2. The van der Waals surface area contributed by atoms with Crippen molar-refractivity contribution in [1.82, 2.24) is 4.98 Å². The number of carbonyl (C=O) groups excluding carboxylic acids is 1. The van der Waals surface area contributed by atoms with Crippen molar-refractivity contribution in [2.45, 2.75) is 0 Å². The van der Waals surface area contributed by atoms with E-state index in [1.165, 1.54) is 6.21 Å². The third kappa shape index (κ3) is 2.59. The molecular weight excluding hydrogens is 252 g/mol. The lowest BCUT2D eigenvalue weighted by atomic mass is 10.2. The van der Waals surface area contributed by atoms with E-state index in [2.05, 4.69) is 10.1 Å². The Hall–Kier alpha value is -2.88. The molecular formula is C16H12N2O2. The van der Waals surface area contributed by atoms with E-state index in [-0.39, 0.29) is 0 Å². The van der Waals surface area contributed by atoms with Gasteiger partial charge in [0, 0.05) is 11.7 Å². The highest BCUT2D eigenvalue weighted by Crippen LogP contribution is 2.13. The number of aromatic nitrogens is 1. The first-order valence-electron chi connectivity index (χ1n) is 6.20. The van der Waals surface area contributed by atoms with Crippen LogP contribution in [0, 0.1) is 0 Å². The van der Waals surface area contributed by atoms with Crippen LogP contribution in [0.3, 0.4) is 0 Å². The molecule has 0 atom stereocenters. The van der Waals surface area contributed by atoms with Gasteiger partial charge in [0.15, 0.2) is 0 Å². The molecule has 4 nitrogen and oxygen atoms in total. The molecule has 20 heavy (non-hydrogen) atoms. The minimum Gasteiger partial charge on any atom is -0.361 e. The fraction of sp³-hybridized carbons (Fsp3) is 0. The number of oxime groups is 1. The number of rotatable bonds is 3. The number of H-pyrrole nitrogens is 1. The van der Waals surface area contributed by atoms with E-state index >= 15 is 0 Å². The zero-order valence-corrected chi connectivity index (χ0v) is 10.6. The normalized spacial score (nSPS) is 11.0. The van der Waals surface area contributed by atoms with Crippen molar-refractivity contribution in [1.29, 1.82) is 0 Å². The maximum atomic E-state index is 11.7. The van der Waals surface area contributed by atoms with Crippen molar-refractivity contribution in [3.63, 3.8) is 0 Å². The summed E-state index contributed by atoms with van der Waals surface area (Å²) in [6.07, 6.45) is 3.39. The molecule has 0 amide bonds. The lowest BCUT2D eigenvalue weighted by Crippen LogP contribution is -2.00. The fourth-order valence-corrected chi connectivity index (χ4v) is 1.91. The number of nitrogens with one attached hydrogen (secondary N) is 1. The number of aromatic amines is 1. The average Bonchev–Trinajstić information content (AvgIpc) is 2.95. The van der Waals surface area contributed by atoms with Crippen molar-refractivity contribution in [2.24, 2.45) is 5.16 Å². The number of carbonyl (C=O) groups is 1. The molecule has 1 heterocycles. The van der Waals surface area contributed by atoms with Crippen molar-refractivity contribution < 1.29 is 9.63 Å². The monoisotopic (exact) mass is 264 g/mol. The first-order chi connectivity index (χ1) is 9.83. The van der Waals surface area contributed by atoms with Gasteiger partial charge in [-0.1, -0.05) is 35.5 Å². The zero-order valence-electron chi connectivity index (χ0n) is 10.6. The second kappa shape index (κ2) is 5.40. The standard InChI is InChI=1S/C16H12N2O2/c19-16(14-4-2-1-3-5-14)20-18-11-12-6-7-13-8-9-17-15(13)10-12/h1-11,17H. The SMILES string of the molecule is O=C(ON=Cc1ccc2cc[nH]c2c1)c1ccccc1. The number of fused-ring (bicyclic) bond motifs is 1. The summed E-state index contributed by atoms with van der Waals surface area (Å²) in [5, 5.41) is 4.85. The van der Waals surface area contributed by atoms with Gasteiger partial charge in [-0.25, -0.2) is 4.79 Å². The van der Waals surface area contributed by atoms with Gasteiger partial charge in [-0.15, -0.1) is 0 Å². The topological polar surface area (TPSA) is 54.4 Å². The Kier molecular flexibility index (Phi) is 3.29. The Bertz CT molecular complexity index is 760. The van der Waals surface area contributed by atoms with Crippen LogP contribution in [-0.2, 0) is 4.84 Å². The Balaban J connectivity index is 1.69. The fourth-order valence-electron chi connectivity index (χ4n) is 1.91. The molecule has 3 aromatic rings. The van der Waals surface area contributed by atoms with Gasteiger partial charge < -0.3 is 9.82 Å². The number of hydrogen-bond acceptors (Lipinski definition) is 3. The van der Waals surface area contributed by atoms with E-state index in [4.69, 9.17) is 4.84 Å². The molecule has 0 saturated heterocycles. The van der Waals surface area contributed by atoms with E-state index in [0.29, 0.717) is 5.56 Å². The van der Waals surface area contributed by atoms with E-state index in [1.807, 2.05) is 36.5 Å². The lowest BCUT2D eigenvalue weighted by molar-refractivity contribution is 0.0519. The quantitative estimate of drug-likeness (QED) is 0.448. The molecule has 1 N–H and O–H groups in total. The molecule has 0 fully saturated rings. The molecule has 3 rings (SSSR count). The van der Waals surface area contributed by atoms with Crippen molar-refractivity contribution in [3.05, 3.63) is 71.9 Å². The summed E-state index contributed by atoms with van der Waals surface area (Å²) in [6, 6.07) is 16.6. The van der Waals surface area contributed by atoms with E-state index < -0.39 is 5.97 Å². The van der Waals surface area contributed by atoms with Crippen LogP contribution < -0.4 is 0 Å². The van der Waals surface area contributed by atoms with Gasteiger partial charge in [-0.2, -0.15) is 0 Å². The molecule has 4 heteroatoms. The van der Waals surface area contributed by atoms with Crippen LogP contribution in [0.1, 0.15) is 15.9 Å². The summed E-state index contributed by atoms with van der Waals surface area (Å²) in [5.41, 5.74) is 2.36. The Labute approximate surface area is 115 Å². The Morgan fingerprint density at radius 1 is 1.10 bits per heavy atom. The summed E-state index contributed by atoms with van der Waals surface area (Å²) in [5.74, 6) is -0.470. The number of nitrogens with zero attached hydrogens (tertiary/aromatic N) is 1. The first kappa shape index (κ1) is 12.2. The minimum atomic E-state index is -0.470. The largest absolute Gasteiger partial charge is 0.365 e. The van der Waals surface area contributed by atoms with Crippen LogP contribution in [0.15, 0.2) is 65.9 Å². The molecule has 0 aliphatic rings. The van der Waals surface area contributed by atoms with Crippen LogP contribution in [0.5, 0.6) is 0 Å². The van der Waals surface area contributed by atoms with Crippen LogP contribution in [0.4, 0.5) is 0 Å². The second-order valence-electron chi connectivity index (χ2n) is 4.30. The molecule has 0 aliphatic carbocycles. The summed E-state index contributed by atoms with van der Waals surface area (Å²) >= 11 is 0. The molecule has 98 valence electrons. The highest BCUT2D eigenvalue weighted by Gasteiger charge is 2.04. The van der Waals surface area contributed by atoms with Crippen LogP contribution in [-0.4, -0.2) is 17.2 Å². The molecule has 0 radical (unpaired) electrons. The van der Waals surface area contributed by atoms with Gasteiger partial charge in [-0.3, -0.25) is 0 Å². The molecule has 2 aromatic carbocycles. The Morgan fingerprint density at radius 2 is 1.95 bits per heavy atom. The van der Waals surface area contributed by atoms with Gasteiger partial charge >= 0.3 is 5.97 Å². The van der Waals surface area contributed by atoms with Crippen molar-refractivity contribution in [3.8, 4) is 0 Å². The summed E-state index contributed by atoms with van der Waals surface area (Å²) in [4.78, 5) is 19.6. The van der Waals surface area contributed by atoms with Gasteiger partial charge in [0.05, 0.1) is 11.8 Å². The molecule has 0 unspecified atom stereocenters. The van der Waals surface area contributed by atoms with Gasteiger partial charge in [0.1, 0.15) is 0 Å². The molecule has 0 saturated carbocycles. The highest BCUT2D eigenvalue weighted by molar-refractivity contribution is 5.91. The minimum absolute atomic E-state index is 0.470. The second-order valence-corrected chi connectivity index (χ2v) is 4.30. The summed E-state index contributed by atoms with van der Waals surface area (Å²) < 4.78 is 0. The Morgan fingerprint density at radius 3 is 2.80 bits per heavy atom. The average molecular weight is 264 g/mol. The third-order valence-electron chi connectivity index (χ3n) is 2.93. The number of hydrogen-bond donors (Lipinski definition) is 1. The molecule has 0 spiro atoms. The molecule has 0 bridgehead atoms. The van der Waals surface area contributed by atoms with Gasteiger partial charge in [0.2, 0.25) is 0 Å². The van der Waals surface area contributed by atoms with Gasteiger partial charge in [-0.05, 0) is 35.2 Å².